The van der Waals surface area contributed by atoms with Crippen molar-refractivity contribution in [2.75, 3.05) is 5.32 Å². The largest absolute Gasteiger partial charge is 0.478 e. The van der Waals surface area contributed by atoms with E-state index >= 15 is 0 Å². The number of nitrogens with zero attached hydrogens (tertiary/aromatic N) is 2. The van der Waals surface area contributed by atoms with E-state index in [2.05, 4.69) is 10.3 Å². The van der Waals surface area contributed by atoms with Crippen LogP contribution >= 0.6 is 0 Å². The highest BCUT2D eigenvalue weighted by Gasteiger charge is 2.23. The fourth-order valence-corrected chi connectivity index (χ4v) is 2.28. The molecule has 0 unspecified atom stereocenters. The van der Waals surface area contributed by atoms with Crippen LogP contribution in [0.4, 0.5) is 10.5 Å². The zero-order valence-corrected chi connectivity index (χ0v) is 11.1. The monoisotopic (exact) mass is 283 g/mol. The van der Waals surface area contributed by atoms with Crippen molar-refractivity contribution in [1.82, 2.24) is 9.88 Å². The smallest absolute Gasteiger partial charge is 0.335 e. The van der Waals surface area contributed by atoms with Crippen molar-refractivity contribution in [2.24, 2.45) is 0 Å². The first-order valence-corrected chi connectivity index (χ1v) is 6.44. The normalized spacial score (nSPS) is 13.5. The number of hydrogen-bond donors (Lipinski definition) is 2. The molecule has 0 saturated heterocycles. The number of carbonyl (C=O) groups is 2. The highest BCUT2D eigenvalue weighted by Crippen LogP contribution is 2.25. The van der Waals surface area contributed by atoms with Crippen LogP contribution in [0, 0.1) is 0 Å². The number of carbonyl (C=O) groups excluding carboxylic acids is 1. The summed E-state index contributed by atoms with van der Waals surface area (Å²) in [5.41, 5.74) is 2.55. The average Bonchev–Trinajstić information content (AvgIpc) is 2.48. The van der Waals surface area contributed by atoms with Crippen molar-refractivity contribution in [3.63, 3.8) is 0 Å². The van der Waals surface area contributed by atoms with Gasteiger partial charge in [-0.1, -0.05) is 12.1 Å². The van der Waals surface area contributed by atoms with E-state index in [0.717, 1.165) is 11.1 Å². The molecule has 2 heterocycles. The summed E-state index contributed by atoms with van der Waals surface area (Å²) >= 11 is 0. The van der Waals surface area contributed by atoms with Gasteiger partial charge in [0.1, 0.15) is 0 Å². The van der Waals surface area contributed by atoms with Crippen LogP contribution in [0.1, 0.15) is 21.5 Å². The van der Waals surface area contributed by atoms with Crippen molar-refractivity contribution >= 4 is 17.7 Å². The molecule has 0 spiro atoms. The number of hydrogen-bond acceptors (Lipinski definition) is 3. The maximum Gasteiger partial charge on any atom is 0.335 e. The number of carboxylic acids is 1. The van der Waals surface area contributed by atoms with E-state index in [1.165, 1.54) is 6.07 Å². The van der Waals surface area contributed by atoms with Crippen molar-refractivity contribution in [3.8, 4) is 0 Å². The van der Waals surface area contributed by atoms with E-state index < -0.39 is 5.97 Å². The summed E-state index contributed by atoms with van der Waals surface area (Å²) in [6, 6.07) is 8.24. The zero-order chi connectivity index (χ0) is 14.8. The second kappa shape index (κ2) is 5.24. The molecule has 0 radical (unpaired) electrons. The summed E-state index contributed by atoms with van der Waals surface area (Å²) in [6.45, 7) is 0.899. The molecule has 1 aromatic carbocycles. The Labute approximate surface area is 121 Å². The van der Waals surface area contributed by atoms with Crippen molar-refractivity contribution in [1.29, 1.82) is 0 Å². The van der Waals surface area contributed by atoms with E-state index in [0.29, 0.717) is 18.8 Å². The molecule has 1 aliphatic heterocycles. The predicted molar refractivity (Wildman–Crippen MR) is 75.9 cm³/mol. The Bertz CT molecular complexity index is 701. The van der Waals surface area contributed by atoms with Gasteiger partial charge in [0.2, 0.25) is 0 Å². The number of carboxylic acid groups (broad SMARTS) is 1. The van der Waals surface area contributed by atoms with E-state index in [4.69, 9.17) is 5.11 Å². The predicted octanol–water partition coefficient (Wildman–Crippen LogP) is 2.33. The van der Waals surface area contributed by atoms with Gasteiger partial charge in [0.15, 0.2) is 0 Å². The highest BCUT2D eigenvalue weighted by atomic mass is 16.4. The molecule has 21 heavy (non-hydrogen) atoms. The second-order valence-corrected chi connectivity index (χ2v) is 4.82. The van der Waals surface area contributed by atoms with Gasteiger partial charge < -0.3 is 15.3 Å². The Morgan fingerprint density at radius 3 is 2.95 bits per heavy atom. The molecule has 3 rings (SSSR count). The Balaban J connectivity index is 1.82. The Kier molecular flexibility index (Phi) is 3.27. The first kappa shape index (κ1) is 13.1. The van der Waals surface area contributed by atoms with Crippen LogP contribution in [0.5, 0.6) is 0 Å². The van der Waals surface area contributed by atoms with Crippen LogP contribution in [-0.4, -0.2) is 27.0 Å². The van der Waals surface area contributed by atoms with Crippen LogP contribution in [0.3, 0.4) is 0 Å². The van der Waals surface area contributed by atoms with Crippen molar-refractivity contribution < 1.29 is 14.7 Å². The minimum atomic E-state index is -1.01. The molecule has 0 atom stereocenters. The summed E-state index contributed by atoms with van der Waals surface area (Å²) in [5.74, 6) is -1.01. The zero-order valence-electron chi connectivity index (χ0n) is 11.1. The number of urea groups is 1. The molecule has 2 aromatic rings. The lowest BCUT2D eigenvalue weighted by Crippen LogP contribution is -2.38. The standard InChI is InChI=1S/C15H13N3O3/c19-14(20)11-3-4-12-9-18(15(21)17-13(12)6-11)8-10-2-1-5-16-7-10/h1-7H,8-9H2,(H,17,21)(H,19,20). The quantitative estimate of drug-likeness (QED) is 0.905. The molecule has 6 nitrogen and oxygen atoms in total. The van der Waals surface area contributed by atoms with Crippen molar-refractivity contribution in [2.45, 2.75) is 13.1 Å². The third kappa shape index (κ3) is 2.69. The fraction of sp³-hybridized carbons (Fsp3) is 0.133. The topological polar surface area (TPSA) is 82.5 Å². The molecule has 6 heteroatoms. The van der Waals surface area contributed by atoms with E-state index in [1.807, 2.05) is 12.1 Å². The van der Waals surface area contributed by atoms with Gasteiger partial charge in [-0.2, -0.15) is 0 Å². The molecule has 0 saturated carbocycles. The Morgan fingerprint density at radius 1 is 1.38 bits per heavy atom. The van der Waals surface area contributed by atoms with E-state index in [-0.39, 0.29) is 11.6 Å². The van der Waals surface area contributed by atoms with Gasteiger partial charge in [-0.3, -0.25) is 4.98 Å². The number of nitrogens with one attached hydrogen (secondary N) is 1. The van der Waals surface area contributed by atoms with Crippen LogP contribution in [-0.2, 0) is 13.1 Å². The maximum absolute atomic E-state index is 12.1. The number of anilines is 1. The van der Waals surface area contributed by atoms with Gasteiger partial charge in [-0.05, 0) is 29.3 Å². The number of benzene rings is 1. The number of amides is 2. The fourth-order valence-electron chi connectivity index (χ4n) is 2.28. The van der Waals surface area contributed by atoms with Gasteiger partial charge in [-0.15, -0.1) is 0 Å². The first-order valence-electron chi connectivity index (χ1n) is 6.44. The summed E-state index contributed by atoms with van der Waals surface area (Å²) < 4.78 is 0. The summed E-state index contributed by atoms with van der Waals surface area (Å²) in [4.78, 5) is 28.7. The molecule has 2 N–H and O–H groups in total. The first-order chi connectivity index (χ1) is 10.1. The van der Waals surface area contributed by atoms with Gasteiger partial charge in [0.25, 0.3) is 0 Å². The third-order valence-corrected chi connectivity index (χ3v) is 3.34. The second-order valence-electron chi connectivity index (χ2n) is 4.82. The summed E-state index contributed by atoms with van der Waals surface area (Å²) in [6.07, 6.45) is 3.40. The lowest BCUT2D eigenvalue weighted by atomic mass is 10.1. The Morgan fingerprint density at radius 2 is 2.24 bits per heavy atom. The molecule has 0 aliphatic carbocycles. The molecule has 2 amide bonds. The van der Waals surface area contributed by atoms with Gasteiger partial charge in [0, 0.05) is 31.2 Å². The van der Waals surface area contributed by atoms with Crippen molar-refractivity contribution in [3.05, 3.63) is 59.4 Å². The molecule has 106 valence electrons. The van der Waals surface area contributed by atoms with Gasteiger partial charge in [-0.25, -0.2) is 9.59 Å². The molecular weight excluding hydrogens is 270 g/mol. The van der Waals surface area contributed by atoms with Crippen LogP contribution in [0.15, 0.2) is 42.7 Å². The lowest BCUT2D eigenvalue weighted by molar-refractivity contribution is 0.0697. The third-order valence-electron chi connectivity index (χ3n) is 3.34. The van der Waals surface area contributed by atoms with Gasteiger partial charge >= 0.3 is 12.0 Å². The minimum absolute atomic E-state index is 0.162. The Hall–Kier alpha value is -2.89. The van der Waals surface area contributed by atoms with Crippen LogP contribution < -0.4 is 5.32 Å². The number of aromatic nitrogens is 1. The van der Waals surface area contributed by atoms with Crippen LogP contribution in [0.2, 0.25) is 0 Å². The number of fused-ring (bicyclic) bond motifs is 1. The molecule has 0 bridgehead atoms. The summed E-state index contributed by atoms with van der Waals surface area (Å²) in [5, 5.41) is 11.7. The van der Waals surface area contributed by atoms with Gasteiger partial charge in [0.05, 0.1) is 5.56 Å². The molecule has 1 aliphatic rings. The van der Waals surface area contributed by atoms with E-state index in [9.17, 15) is 9.59 Å². The number of pyridine rings is 1. The summed E-state index contributed by atoms with van der Waals surface area (Å²) in [7, 11) is 0. The minimum Gasteiger partial charge on any atom is -0.478 e. The van der Waals surface area contributed by atoms with Crippen LogP contribution in [0.25, 0.3) is 0 Å². The molecule has 1 aromatic heterocycles. The highest BCUT2D eigenvalue weighted by molar-refractivity contribution is 5.95. The van der Waals surface area contributed by atoms with E-state index in [1.54, 1.807) is 29.4 Å². The number of aromatic carboxylic acids is 1. The SMILES string of the molecule is O=C(O)c1ccc2c(c1)NC(=O)N(Cc1cccnc1)C2. The number of rotatable bonds is 3. The lowest BCUT2D eigenvalue weighted by Gasteiger charge is -2.29. The maximum atomic E-state index is 12.1. The molecular formula is C15H13N3O3. The average molecular weight is 283 g/mol. The molecule has 0 fully saturated rings.